The Morgan fingerprint density at radius 3 is 2.50 bits per heavy atom. The fourth-order valence-electron chi connectivity index (χ4n) is 2.23. The molecule has 18 heavy (non-hydrogen) atoms. The van der Waals surface area contributed by atoms with E-state index in [-0.39, 0.29) is 5.91 Å². The van der Waals surface area contributed by atoms with Crippen LogP contribution >= 0.6 is 0 Å². The van der Waals surface area contributed by atoms with E-state index in [0.29, 0.717) is 6.42 Å². The Morgan fingerprint density at radius 1 is 1.11 bits per heavy atom. The summed E-state index contributed by atoms with van der Waals surface area (Å²) in [5.41, 5.74) is 0. The zero-order valence-corrected chi connectivity index (χ0v) is 12.1. The first kappa shape index (κ1) is 15.4. The predicted octanol–water partition coefficient (Wildman–Crippen LogP) is 1.32. The third-order valence-electron chi connectivity index (χ3n) is 3.58. The minimum absolute atomic E-state index is 0.224. The van der Waals surface area contributed by atoms with Crippen LogP contribution in [0.2, 0.25) is 0 Å². The van der Waals surface area contributed by atoms with Crippen LogP contribution in [0, 0.1) is 0 Å². The van der Waals surface area contributed by atoms with Gasteiger partial charge in [0.2, 0.25) is 5.91 Å². The van der Waals surface area contributed by atoms with Crippen molar-refractivity contribution < 1.29 is 4.79 Å². The van der Waals surface area contributed by atoms with Gasteiger partial charge in [0.1, 0.15) is 0 Å². The summed E-state index contributed by atoms with van der Waals surface area (Å²) < 4.78 is 0. The van der Waals surface area contributed by atoms with Crippen molar-refractivity contribution in [3.63, 3.8) is 0 Å². The Labute approximate surface area is 112 Å². The zero-order chi connectivity index (χ0) is 13.2. The zero-order valence-electron chi connectivity index (χ0n) is 12.1. The first-order valence-electron chi connectivity index (χ1n) is 7.40. The van der Waals surface area contributed by atoms with Gasteiger partial charge in [0.25, 0.3) is 0 Å². The quantitative estimate of drug-likeness (QED) is 0.665. The number of hydrogen-bond donors (Lipinski definition) is 1. The van der Waals surface area contributed by atoms with Crippen molar-refractivity contribution in [2.24, 2.45) is 0 Å². The van der Waals surface area contributed by atoms with Crippen molar-refractivity contribution in [2.45, 2.75) is 39.0 Å². The van der Waals surface area contributed by atoms with E-state index in [0.717, 1.165) is 32.4 Å². The first-order chi connectivity index (χ1) is 8.72. The standard InChI is InChI=1S/C14H29N3O/c1-3-4-5-7-14(18)15-8-6-9-17-12-10-16(2)11-13-17/h3-13H2,1-2H3,(H,15,18). The molecule has 1 heterocycles. The average molecular weight is 255 g/mol. The lowest BCUT2D eigenvalue weighted by Crippen LogP contribution is -2.45. The monoisotopic (exact) mass is 255 g/mol. The van der Waals surface area contributed by atoms with Crippen LogP contribution in [0.15, 0.2) is 0 Å². The van der Waals surface area contributed by atoms with E-state index in [1.54, 1.807) is 0 Å². The van der Waals surface area contributed by atoms with Gasteiger partial charge in [-0.05, 0) is 26.4 Å². The molecule has 4 nitrogen and oxygen atoms in total. The molecule has 0 radical (unpaired) electrons. The number of unbranched alkanes of at least 4 members (excludes halogenated alkanes) is 2. The number of carbonyl (C=O) groups excluding carboxylic acids is 1. The number of nitrogens with zero attached hydrogens (tertiary/aromatic N) is 2. The third-order valence-corrected chi connectivity index (χ3v) is 3.58. The molecule has 1 amide bonds. The topological polar surface area (TPSA) is 35.6 Å². The van der Waals surface area contributed by atoms with Gasteiger partial charge in [-0.2, -0.15) is 0 Å². The van der Waals surface area contributed by atoms with E-state index < -0.39 is 0 Å². The molecule has 4 heteroatoms. The molecule has 1 N–H and O–H groups in total. The molecule has 1 rings (SSSR count). The molecular weight excluding hydrogens is 226 g/mol. The number of piperazine rings is 1. The van der Waals surface area contributed by atoms with Gasteiger partial charge in [-0.25, -0.2) is 0 Å². The van der Waals surface area contributed by atoms with Gasteiger partial charge in [0.15, 0.2) is 0 Å². The summed E-state index contributed by atoms with van der Waals surface area (Å²) in [6, 6.07) is 0. The molecule has 1 saturated heterocycles. The Balaban J connectivity index is 1.93. The maximum absolute atomic E-state index is 11.5. The maximum atomic E-state index is 11.5. The van der Waals surface area contributed by atoms with Gasteiger partial charge in [0.05, 0.1) is 0 Å². The summed E-state index contributed by atoms with van der Waals surface area (Å²) in [7, 11) is 2.17. The highest BCUT2D eigenvalue weighted by atomic mass is 16.1. The first-order valence-corrected chi connectivity index (χ1v) is 7.40. The fourth-order valence-corrected chi connectivity index (χ4v) is 2.23. The van der Waals surface area contributed by atoms with E-state index in [9.17, 15) is 4.79 Å². The predicted molar refractivity (Wildman–Crippen MR) is 75.7 cm³/mol. The van der Waals surface area contributed by atoms with E-state index in [1.165, 1.54) is 32.6 Å². The SMILES string of the molecule is CCCCCC(=O)NCCCN1CCN(C)CC1. The summed E-state index contributed by atoms with van der Waals surface area (Å²) in [4.78, 5) is 16.3. The van der Waals surface area contributed by atoms with Crippen molar-refractivity contribution in [3.8, 4) is 0 Å². The Kier molecular flexibility index (Phi) is 8.01. The molecule has 0 aliphatic carbocycles. The van der Waals surface area contributed by atoms with Crippen LogP contribution in [0.3, 0.4) is 0 Å². The molecule has 0 aromatic heterocycles. The van der Waals surface area contributed by atoms with Gasteiger partial charge in [-0.1, -0.05) is 19.8 Å². The minimum Gasteiger partial charge on any atom is -0.356 e. The van der Waals surface area contributed by atoms with Gasteiger partial charge in [-0.3, -0.25) is 4.79 Å². The molecule has 0 unspecified atom stereocenters. The number of carbonyl (C=O) groups is 1. The summed E-state index contributed by atoms with van der Waals surface area (Å²) in [6.45, 7) is 8.78. The summed E-state index contributed by atoms with van der Waals surface area (Å²) in [5.74, 6) is 0.224. The van der Waals surface area contributed by atoms with Crippen LogP contribution in [-0.4, -0.2) is 62.0 Å². The number of likely N-dealkylation sites (N-methyl/N-ethyl adjacent to an activating group) is 1. The van der Waals surface area contributed by atoms with Crippen LogP contribution in [0.25, 0.3) is 0 Å². The molecule has 0 aromatic rings. The van der Waals surface area contributed by atoms with E-state index in [1.807, 2.05) is 0 Å². The van der Waals surface area contributed by atoms with Crippen LogP contribution < -0.4 is 5.32 Å². The van der Waals surface area contributed by atoms with E-state index in [4.69, 9.17) is 0 Å². The van der Waals surface area contributed by atoms with Crippen molar-refractivity contribution in [2.75, 3.05) is 46.3 Å². The largest absolute Gasteiger partial charge is 0.356 e. The van der Waals surface area contributed by atoms with Gasteiger partial charge < -0.3 is 15.1 Å². The Morgan fingerprint density at radius 2 is 1.83 bits per heavy atom. The highest BCUT2D eigenvalue weighted by molar-refractivity contribution is 5.75. The van der Waals surface area contributed by atoms with Crippen LogP contribution in [0.4, 0.5) is 0 Å². The molecule has 0 spiro atoms. The van der Waals surface area contributed by atoms with Crippen LogP contribution in [-0.2, 0) is 4.79 Å². The molecule has 0 aromatic carbocycles. The molecular formula is C14H29N3O. The Bertz CT molecular complexity index is 225. The van der Waals surface area contributed by atoms with E-state index in [2.05, 4.69) is 29.1 Å². The van der Waals surface area contributed by atoms with Gasteiger partial charge >= 0.3 is 0 Å². The van der Waals surface area contributed by atoms with Crippen LogP contribution in [0.5, 0.6) is 0 Å². The lowest BCUT2D eigenvalue weighted by atomic mass is 10.2. The molecule has 0 atom stereocenters. The lowest BCUT2D eigenvalue weighted by molar-refractivity contribution is -0.121. The second-order valence-electron chi connectivity index (χ2n) is 5.31. The minimum atomic E-state index is 0.224. The lowest BCUT2D eigenvalue weighted by Gasteiger charge is -2.32. The smallest absolute Gasteiger partial charge is 0.219 e. The molecule has 1 aliphatic heterocycles. The molecule has 1 aliphatic rings. The third kappa shape index (κ3) is 6.97. The number of nitrogens with one attached hydrogen (secondary N) is 1. The number of rotatable bonds is 8. The second-order valence-corrected chi connectivity index (χ2v) is 5.31. The second kappa shape index (κ2) is 9.34. The highest BCUT2D eigenvalue weighted by Gasteiger charge is 2.12. The number of hydrogen-bond acceptors (Lipinski definition) is 3. The maximum Gasteiger partial charge on any atom is 0.219 e. The Hall–Kier alpha value is -0.610. The molecule has 106 valence electrons. The molecule has 0 bridgehead atoms. The summed E-state index contributed by atoms with van der Waals surface area (Å²) >= 11 is 0. The van der Waals surface area contributed by atoms with Crippen molar-refractivity contribution in [3.05, 3.63) is 0 Å². The highest BCUT2D eigenvalue weighted by Crippen LogP contribution is 2.00. The number of amides is 1. The average Bonchev–Trinajstić information content (AvgIpc) is 2.37. The van der Waals surface area contributed by atoms with Gasteiger partial charge in [-0.15, -0.1) is 0 Å². The van der Waals surface area contributed by atoms with E-state index >= 15 is 0 Å². The van der Waals surface area contributed by atoms with Crippen LogP contribution in [0.1, 0.15) is 39.0 Å². The fraction of sp³-hybridized carbons (Fsp3) is 0.929. The van der Waals surface area contributed by atoms with Crippen molar-refractivity contribution in [1.82, 2.24) is 15.1 Å². The summed E-state index contributed by atoms with van der Waals surface area (Å²) in [5, 5.41) is 3.01. The molecule has 1 fully saturated rings. The molecule has 0 saturated carbocycles. The normalized spacial score (nSPS) is 17.9. The van der Waals surface area contributed by atoms with Crippen molar-refractivity contribution >= 4 is 5.91 Å². The van der Waals surface area contributed by atoms with Crippen molar-refractivity contribution in [1.29, 1.82) is 0 Å². The van der Waals surface area contributed by atoms with Gasteiger partial charge in [0, 0.05) is 39.1 Å². The summed E-state index contributed by atoms with van der Waals surface area (Å²) in [6.07, 6.45) is 5.14.